The van der Waals surface area contributed by atoms with Crippen LogP contribution in [0.25, 0.3) is 5.57 Å². The van der Waals surface area contributed by atoms with Crippen LogP contribution in [0.1, 0.15) is 62.4 Å². The maximum Gasteiger partial charge on any atom is 0.160 e. The van der Waals surface area contributed by atoms with E-state index in [-0.39, 0.29) is 5.78 Å². The van der Waals surface area contributed by atoms with Crippen molar-refractivity contribution in [3.8, 4) is 0 Å². The van der Waals surface area contributed by atoms with Gasteiger partial charge in [0.15, 0.2) is 5.78 Å². The fourth-order valence-corrected chi connectivity index (χ4v) is 2.00. The van der Waals surface area contributed by atoms with E-state index < -0.39 is 0 Å². The Hall–Kier alpha value is -1.37. The molecule has 0 aliphatic rings. The average Bonchev–Trinajstić information content (AvgIpc) is 2.34. The molecular formula is C16H22O. The molecule has 0 heterocycles. The van der Waals surface area contributed by atoms with E-state index in [0.29, 0.717) is 0 Å². The highest BCUT2D eigenvalue weighted by atomic mass is 16.1. The molecule has 0 saturated heterocycles. The summed E-state index contributed by atoms with van der Waals surface area (Å²) in [6.45, 7) is 6.00. The van der Waals surface area contributed by atoms with Crippen LogP contribution in [-0.4, -0.2) is 5.78 Å². The van der Waals surface area contributed by atoms with Gasteiger partial charge in [-0.1, -0.05) is 57.0 Å². The molecule has 0 radical (unpaired) electrons. The first-order chi connectivity index (χ1) is 8.20. The van der Waals surface area contributed by atoms with Crippen molar-refractivity contribution >= 4 is 11.4 Å². The lowest BCUT2D eigenvalue weighted by Gasteiger charge is -2.11. The van der Waals surface area contributed by atoms with Gasteiger partial charge >= 0.3 is 0 Å². The van der Waals surface area contributed by atoms with Crippen molar-refractivity contribution in [2.24, 2.45) is 0 Å². The molecule has 1 heteroatoms. The SMILES string of the molecule is CCC/C=C(\CCC)c1ccccc1C(C)=O. The zero-order chi connectivity index (χ0) is 12.7. The van der Waals surface area contributed by atoms with E-state index in [1.165, 1.54) is 5.57 Å². The van der Waals surface area contributed by atoms with Crippen LogP contribution in [0, 0.1) is 0 Å². The maximum atomic E-state index is 11.6. The molecule has 0 unspecified atom stereocenters. The first kappa shape index (κ1) is 13.7. The van der Waals surface area contributed by atoms with Gasteiger partial charge in [-0.25, -0.2) is 0 Å². The number of hydrogen-bond donors (Lipinski definition) is 0. The monoisotopic (exact) mass is 230 g/mol. The second-order valence-corrected chi connectivity index (χ2v) is 4.37. The fourth-order valence-electron chi connectivity index (χ4n) is 2.00. The van der Waals surface area contributed by atoms with Crippen molar-refractivity contribution < 1.29 is 4.79 Å². The summed E-state index contributed by atoms with van der Waals surface area (Å²) in [4.78, 5) is 11.6. The number of rotatable bonds is 6. The third-order valence-corrected chi connectivity index (χ3v) is 2.85. The molecule has 0 atom stereocenters. The molecule has 0 bridgehead atoms. The Balaban J connectivity index is 3.13. The van der Waals surface area contributed by atoms with E-state index in [4.69, 9.17) is 0 Å². The second-order valence-electron chi connectivity index (χ2n) is 4.37. The molecule has 0 aliphatic carbocycles. The van der Waals surface area contributed by atoms with Gasteiger partial charge in [-0.2, -0.15) is 0 Å². The van der Waals surface area contributed by atoms with Crippen LogP contribution in [0.5, 0.6) is 0 Å². The molecule has 17 heavy (non-hydrogen) atoms. The summed E-state index contributed by atoms with van der Waals surface area (Å²) >= 11 is 0. The molecule has 1 nitrogen and oxygen atoms in total. The lowest BCUT2D eigenvalue weighted by atomic mass is 9.93. The second kappa shape index (κ2) is 7.05. The predicted molar refractivity (Wildman–Crippen MR) is 74.2 cm³/mol. The number of carbonyl (C=O) groups excluding carboxylic acids is 1. The number of unbranched alkanes of at least 4 members (excludes halogenated alkanes) is 1. The van der Waals surface area contributed by atoms with Crippen molar-refractivity contribution in [3.05, 3.63) is 41.5 Å². The molecule has 0 saturated carbocycles. The molecule has 0 spiro atoms. The summed E-state index contributed by atoms with van der Waals surface area (Å²) in [6, 6.07) is 7.93. The molecule has 1 aromatic carbocycles. The van der Waals surface area contributed by atoms with Gasteiger partial charge in [0, 0.05) is 5.56 Å². The van der Waals surface area contributed by atoms with Crippen LogP contribution < -0.4 is 0 Å². The molecule has 1 aromatic rings. The first-order valence-electron chi connectivity index (χ1n) is 6.50. The van der Waals surface area contributed by atoms with E-state index in [1.807, 2.05) is 18.2 Å². The number of Topliss-reactive ketones (excluding diaryl/α,β-unsaturated/α-hetero) is 1. The number of carbonyl (C=O) groups is 1. The van der Waals surface area contributed by atoms with Gasteiger partial charge < -0.3 is 0 Å². The van der Waals surface area contributed by atoms with Gasteiger partial charge in [-0.15, -0.1) is 0 Å². The number of benzene rings is 1. The van der Waals surface area contributed by atoms with Crippen LogP contribution in [0.4, 0.5) is 0 Å². The zero-order valence-electron chi connectivity index (χ0n) is 11.1. The Kier molecular flexibility index (Phi) is 5.68. The zero-order valence-corrected chi connectivity index (χ0v) is 11.1. The van der Waals surface area contributed by atoms with Crippen molar-refractivity contribution in [2.75, 3.05) is 0 Å². The van der Waals surface area contributed by atoms with E-state index in [0.717, 1.165) is 36.8 Å². The largest absolute Gasteiger partial charge is 0.294 e. The minimum atomic E-state index is 0.152. The molecule has 0 N–H and O–H groups in total. The number of allylic oxidation sites excluding steroid dienone is 2. The Morgan fingerprint density at radius 3 is 2.29 bits per heavy atom. The molecular weight excluding hydrogens is 208 g/mol. The van der Waals surface area contributed by atoms with E-state index >= 15 is 0 Å². The summed E-state index contributed by atoms with van der Waals surface area (Å²) < 4.78 is 0. The fraction of sp³-hybridized carbons (Fsp3) is 0.438. The van der Waals surface area contributed by atoms with E-state index in [2.05, 4.69) is 26.0 Å². The van der Waals surface area contributed by atoms with Gasteiger partial charge in [-0.05, 0) is 30.9 Å². The molecule has 1 rings (SSSR count). The Labute approximate surface area is 105 Å². The average molecular weight is 230 g/mol. The molecule has 0 fully saturated rings. The van der Waals surface area contributed by atoms with Crippen LogP contribution >= 0.6 is 0 Å². The van der Waals surface area contributed by atoms with Gasteiger partial charge in [0.25, 0.3) is 0 Å². The van der Waals surface area contributed by atoms with Crippen molar-refractivity contribution in [1.29, 1.82) is 0 Å². The summed E-state index contributed by atoms with van der Waals surface area (Å²) in [5.41, 5.74) is 3.29. The van der Waals surface area contributed by atoms with Crippen LogP contribution in [-0.2, 0) is 0 Å². The third-order valence-electron chi connectivity index (χ3n) is 2.85. The minimum Gasteiger partial charge on any atom is -0.294 e. The smallest absolute Gasteiger partial charge is 0.160 e. The third kappa shape index (κ3) is 3.85. The predicted octanol–water partition coefficient (Wildman–Crippen LogP) is 4.87. The Morgan fingerprint density at radius 1 is 1.12 bits per heavy atom. The molecule has 0 aliphatic heterocycles. The summed E-state index contributed by atoms with van der Waals surface area (Å²) in [7, 11) is 0. The highest BCUT2D eigenvalue weighted by molar-refractivity contribution is 5.99. The van der Waals surface area contributed by atoms with Crippen LogP contribution in [0.2, 0.25) is 0 Å². The summed E-state index contributed by atoms with van der Waals surface area (Å²) in [5.74, 6) is 0.152. The highest BCUT2D eigenvalue weighted by Crippen LogP contribution is 2.24. The van der Waals surface area contributed by atoms with Crippen molar-refractivity contribution in [3.63, 3.8) is 0 Å². The standard InChI is InChI=1S/C16H22O/c1-4-6-10-14(9-5-2)16-12-8-7-11-15(16)13(3)17/h7-8,10-12H,4-6,9H2,1-3H3/b14-10+. The Bertz CT molecular complexity index is 402. The lowest BCUT2D eigenvalue weighted by Crippen LogP contribution is -1.99. The Morgan fingerprint density at radius 2 is 1.76 bits per heavy atom. The first-order valence-corrected chi connectivity index (χ1v) is 6.50. The van der Waals surface area contributed by atoms with E-state index in [9.17, 15) is 4.79 Å². The topological polar surface area (TPSA) is 17.1 Å². The lowest BCUT2D eigenvalue weighted by molar-refractivity contribution is 0.101. The van der Waals surface area contributed by atoms with Gasteiger partial charge in [-0.3, -0.25) is 4.79 Å². The van der Waals surface area contributed by atoms with Gasteiger partial charge in [0.05, 0.1) is 0 Å². The summed E-state index contributed by atoms with van der Waals surface area (Å²) in [5, 5.41) is 0. The molecule has 0 aromatic heterocycles. The quantitative estimate of drug-likeness (QED) is 0.637. The van der Waals surface area contributed by atoms with E-state index in [1.54, 1.807) is 6.92 Å². The normalized spacial score (nSPS) is 11.6. The van der Waals surface area contributed by atoms with Gasteiger partial charge in [0.1, 0.15) is 0 Å². The molecule has 0 amide bonds. The number of ketones is 1. The highest BCUT2D eigenvalue weighted by Gasteiger charge is 2.09. The van der Waals surface area contributed by atoms with Gasteiger partial charge in [0.2, 0.25) is 0 Å². The van der Waals surface area contributed by atoms with Crippen LogP contribution in [0.15, 0.2) is 30.3 Å². The minimum absolute atomic E-state index is 0.152. The van der Waals surface area contributed by atoms with Crippen LogP contribution in [0.3, 0.4) is 0 Å². The van der Waals surface area contributed by atoms with Crippen molar-refractivity contribution in [1.82, 2.24) is 0 Å². The van der Waals surface area contributed by atoms with Crippen molar-refractivity contribution in [2.45, 2.75) is 46.5 Å². The summed E-state index contributed by atoms with van der Waals surface area (Å²) in [6.07, 6.45) is 6.67. The molecule has 92 valence electrons. The number of hydrogen-bond acceptors (Lipinski definition) is 1. The maximum absolute atomic E-state index is 11.6.